The number of carbonyl (C=O) groups excluding carboxylic acids is 1. The van der Waals surface area contributed by atoms with Crippen molar-refractivity contribution in [2.24, 2.45) is 4.99 Å². The number of benzene rings is 2. The number of hydrogen-bond acceptors (Lipinski definition) is 4. The summed E-state index contributed by atoms with van der Waals surface area (Å²) in [6.07, 6.45) is 3.71. The Kier molecular flexibility index (Phi) is 4.27. The lowest BCUT2D eigenvalue weighted by Crippen LogP contribution is -2.22. The van der Waals surface area contributed by atoms with Gasteiger partial charge in [0.25, 0.3) is 0 Å². The molecule has 2 aromatic carbocycles. The van der Waals surface area contributed by atoms with E-state index in [1.54, 1.807) is 6.08 Å². The molecule has 4 rings (SSSR count). The van der Waals surface area contributed by atoms with Gasteiger partial charge < -0.3 is 9.64 Å². The van der Waals surface area contributed by atoms with Gasteiger partial charge in [-0.2, -0.15) is 0 Å². The van der Waals surface area contributed by atoms with Crippen LogP contribution in [-0.2, 0) is 14.9 Å². The molecule has 0 amide bonds. The maximum Gasteiger partial charge on any atom is 0.363 e. The Morgan fingerprint density at radius 1 is 1.11 bits per heavy atom. The van der Waals surface area contributed by atoms with Crippen LogP contribution in [-0.4, -0.2) is 18.9 Å². The molecule has 0 aromatic heterocycles. The molecule has 0 bridgehead atoms. The molecule has 0 unspecified atom stereocenters. The Hall–Kier alpha value is -2.66. The van der Waals surface area contributed by atoms with Gasteiger partial charge in [0.1, 0.15) is 0 Å². The Balaban J connectivity index is 1.69. The molecule has 4 nitrogen and oxygen atoms in total. The zero-order valence-electron chi connectivity index (χ0n) is 15.4. The van der Waals surface area contributed by atoms with E-state index in [2.05, 4.69) is 57.9 Å². The normalized spacial score (nSPS) is 20.8. The van der Waals surface area contributed by atoms with Crippen LogP contribution >= 0.6 is 15.9 Å². The average Bonchev–Trinajstić information content (AvgIpc) is 3.10. The van der Waals surface area contributed by atoms with Crippen molar-refractivity contribution in [3.05, 3.63) is 87.7 Å². The van der Waals surface area contributed by atoms with Gasteiger partial charge in [0.2, 0.25) is 5.90 Å². The third kappa shape index (κ3) is 3.02. The SMILES string of the molecule is CN1C(=CC=C2N=C(c3cccc(Br)c3)OC2=O)C(C)(C)c2ccccc21. The summed E-state index contributed by atoms with van der Waals surface area (Å²) in [5, 5.41) is 0. The van der Waals surface area contributed by atoms with E-state index in [4.69, 9.17) is 4.74 Å². The molecule has 0 saturated carbocycles. The molecule has 0 spiro atoms. The highest BCUT2D eigenvalue weighted by atomic mass is 79.9. The number of carbonyl (C=O) groups is 1. The van der Waals surface area contributed by atoms with Gasteiger partial charge in [0.05, 0.1) is 0 Å². The van der Waals surface area contributed by atoms with E-state index in [9.17, 15) is 4.79 Å². The number of aliphatic imine (C=N–C) groups is 1. The second-order valence-corrected chi connectivity index (χ2v) is 8.04. The summed E-state index contributed by atoms with van der Waals surface area (Å²) >= 11 is 3.42. The van der Waals surface area contributed by atoms with E-state index in [0.29, 0.717) is 11.6 Å². The predicted octanol–water partition coefficient (Wildman–Crippen LogP) is 4.95. The van der Waals surface area contributed by atoms with Crippen molar-refractivity contribution in [3.8, 4) is 0 Å². The molecule has 0 fully saturated rings. The fraction of sp³-hybridized carbons (Fsp3) is 0.182. The van der Waals surface area contributed by atoms with E-state index in [1.807, 2.05) is 43.5 Å². The molecule has 0 aliphatic carbocycles. The topological polar surface area (TPSA) is 41.9 Å². The van der Waals surface area contributed by atoms with Crippen molar-refractivity contribution in [3.63, 3.8) is 0 Å². The van der Waals surface area contributed by atoms with E-state index >= 15 is 0 Å². The maximum atomic E-state index is 12.2. The van der Waals surface area contributed by atoms with Crippen LogP contribution in [0.5, 0.6) is 0 Å². The smallest absolute Gasteiger partial charge is 0.363 e. The molecule has 2 aliphatic heterocycles. The van der Waals surface area contributed by atoms with Crippen LogP contribution in [0.15, 0.2) is 81.5 Å². The average molecular weight is 423 g/mol. The lowest BCUT2D eigenvalue weighted by molar-refractivity contribution is -0.130. The molecule has 5 heteroatoms. The number of esters is 1. The van der Waals surface area contributed by atoms with Crippen molar-refractivity contribution in [2.75, 3.05) is 11.9 Å². The molecule has 0 atom stereocenters. The van der Waals surface area contributed by atoms with Crippen LogP contribution in [0.25, 0.3) is 0 Å². The molecule has 136 valence electrons. The largest absolute Gasteiger partial charge is 0.402 e. The first-order valence-electron chi connectivity index (χ1n) is 8.70. The van der Waals surface area contributed by atoms with Crippen LogP contribution < -0.4 is 4.90 Å². The van der Waals surface area contributed by atoms with E-state index < -0.39 is 5.97 Å². The number of likely N-dealkylation sites (N-methyl/N-ethyl adjacent to an activating group) is 1. The minimum absolute atomic E-state index is 0.151. The van der Waals surface area contributed by atoms with Gasteiger partial charge in [-0.3, -0.25) is 0 Å². The molecule has 0 N–H and O–H groups in total. The molecular formula is C22H19BrN2O2. The van der Waals surface area contributed by atoms with Crippen molar-refractivity contribution in [1.29, 1.82) is 0 Å². The standard InChI is InChI=1S/C22H19BrN2O2/c1-22(2)16-9-4-5-10-18(16)25(3)19(22)12-11-17-21(26)27-20(24-17)14-7-6-8-15(23)13-14/h4-13H,1-3H3. The van der Waals surface area contributed by atoms with Crippen molar-refractivity contribution < 1.29 is 9.53 Å². The van der Waals surface area contributed by atoms with Gasteiger partial charge in [-0.25, -0.2) is 9.79 Å². The number of nitrogens with zero attached hydrogens (tertiary/aromatic N) is 2. The zero-order valence-corrected chi connectivity index (χ0v) is 16.9. The Morgan fingerprint density at radius 2 is 1.89 bits per heavy atom. The first-order valence-corrected chi connectivity index (χ1v) is 9.50. The first-order chi connectivity index (χ1) is 12.9. The van der Waals surface area contributed by atoms with Gasteiger partial charge in [0.15, 0.2) is 5.70 Å². The number of ether oxygens (including phenoxy) is 1. The molecule has 2 heterocycles. The summed E-state index contributed by atoms with van der Waals surface area (Å²) in [5.41, 5.74) is 4.47. The predicted molar refractivity (Wildman–Crippen MR) is 111 cm³/mol. The summed E-state index contributed by atoms with van der Waals surface area (Å²) < 4.78 is 6.26. The molecule has 27 heavy (non-hydrogen) atoms. The van der Waals surface area contributed by atoms with Crippen molar-refractivity contribution in [1.82, 2.24) is 0 Å². The van der Waals surface area contributed by atoms with Gasteiger partial charge in [-0.15, -0.1) is 0 Å². The summed E-state index contributed by atoms with van der Waals surface area (Å²) in [7, 11) is 2.04. The fourth-order valence-corrected chi connectivity index (χ4v) is 4.03. The first kappa shape index (κ1) is 17.7. The van der Waals surface area contributed by atoms with E-state index in [0.717, 1.165) is 15.7 Å². The Bertz CT molecular complexity index is 1030. The minimum atomic E-state index is -0.433. The molecule has 2 aliphatic rings. The van der Waals surface area contributed by atoms with Crippen molar-refractivity contribution in [2.45, 2.75) is 19.3 Å². The highest BCUT2D eigenvalue weighted by molar-refractivity contribution is 9.10. The number of cyclic esters (lactones) is 1. The summed E-state index contributed by atoms with van der Waals surface area (Å²) in [5.74, 6) is -0.105. The quantitative estimate of drug-likeness (QED) is 0.507. The lowest BCUT2D eigenvalue weighted by Gasteiger charge is -2.23. The van der Waals surface area contributed by atoms with Crippen LogP contribution in [0.3, 0.4) is 0 Å². The molecule has 0 radical (unpaired) electrons. The van der Waals surface area contributed by atoms with Crippen LogP contribution in [0.1, 0.15) is 25.0 Å². The number of hydrogen-bond donors (Lipinski definition) is 0. The third-order valence-electron chi connectivity index (χ3n) is 5.03. The number of halogens is 1. The number of fused-ring (bicyclic) bond motifs is 1. The maximum absolute atomic E-state index is 12.2. The van der Waals surface area contributed by atoms with Crippen LogP contribution in [0, 0.1) is 0 Å². The van der Waals surface area contributed by atoms with E-state index in [-0.39, 0.29) is 5.41 Å². The second kappa shape index (κ2) is 6.50. The summed E-state index contributed by atoms with van der Waals surface area (Å²) in [4.78, 5) is 18.8. The highest BCUT2D eigenvalue weighted by Crippen LogP contribution is 2.46. The number of rotatable bonds is 2. The molecular weight excluding hydrogens is 404 g/mol. The van der Waals surface area contributed by atoms with Crippen LogP contribution in [0.4, 0.5) is 5.69 Å². The number of para-hydroxylation sites is 1. The summed E-state index contributed by atoms with van der Waals surface area (Å²) in [6.45, 7) is 4.37. The van der Waals surface area contributed by atoms with Gasteiger partial charge in [-0.1, -0.05) is 54.0 Å². The number of allylic oxidation sites excluding steroid dienone is 3. The minimum Gasteiger partial charge on any atom is -0.402 e. The Morgan fingerprint density at radius 3 is 2.63 bits per heavy atom. The molecule has 2 aromatic rings. The van der Waals surface area contributed by atoms with Gasteiger partial charge in [-0.05, 0) is 42.0 Å². The van der Waals surface area contributed by atoms with Crippen LogP contribution in [0.2, 0.25) is 0 Å². The zero-order chi connectivity index (χ0) is 19.2. The van der Waals surface area contributed by atoms with Gasteiger partial charge >= 0.3 is 5.97 Å². The van der Waals surface area contributed by atoms with E-state index in [1.165, 1.54) is 11.3 Å². The Labute approximate surface area is 167 Å². The third-order valence-corrected chi connectivity index (χ3v) is 5.52. The van der Waals surface area contributed by atoms with Crippen molar-refractivity contribution >= 4 is 33.5 Å². The lowest BCUT2D eigenvalue weighted by atomic mass is 9.84. The molecule has 0 saturated heterocycles. The number of anilines is 1. The fourth-order valence-electron chi connectivity index (χ4n) is 3.63. The monoisotopic (exact) mass is 422 g/mol. The van der Waals surface area contributed by atoms with Gasteiger partial charge in [0, 0.05) is 33.9 Å². The second-order valence-electron chi connectivity index (χ2n) is 7.12. The highest BCUT2D eigenvalue weighted by Gasteiger charge is 2.37. The summed E-state index contributed by atoms with van der Waals surface area (Å²) in [6, 6.07) is 15.9.